The van der Waals surface area contributed by atoms with Crippen molar-refractivity contribution >= 4 is 33.5 Å². The van der Waals surface area contributed by atoms with E-state index in [4.69, 9.17) is 9.47 Å². The van der Waals surface area contributed by atoms with E-state index in [9.17, 15) is 9.59 Å². The number of rotatable bonds is 5. The molecule has 0 radical (unpaired) electrons. The number of halogens is 1. The normalized spacial score (nSPS) is 10.0. The summed E-state index contributed by atoms with van der Waals surface area (Å²) in [5, 5.41) is 2.74. The summed E-state index contributed by atoms with van der Waals surface area (Å²) in [4.78, 5) is 24.1. The van der Waals surface area contributed by atoms with E-state index in [0.717, 1.165) is 10.0 Å². The summed E-state index contributed by atoms with van der Waals surface area (Å²) in [6.45, 7) is 0. The zero-order chi connectivity index (χ0) is 16.8. The molecule has 23 heavy (non-hydrogen) atoms. The van der Waals surface area contributed by atoms with Gasteiger partial charge >= 0.3 is 5.97 Å². The van der Waals surface area contributed by atoms with Crippen molar-refractivity contribution in [2.45, 2.75) is 6.42 Å². The van der Waals surface area contributed by atoms with E-state index in [-0.39, 0.29) is 17.9 Å². The van der Waals surface area contributed by atoms with Gasteiger partial charge in [0, 0.05) is 10.0 Å². The average molecular weight is 378 g/mol. The first-order chi connectivity index (χ1) is 11.0. The number of hydrogen-bond donors (Lipinski definition) is 1. The van der Waals surface area contributed by atoms with E-state index >= 15 is 0 Å². The van der Waals surface area contributed by atoms with Crippen LogP contribution in [0.2, 0.25) is 0 Å². The van der Waals surface area contributed by atoms with Crippen LogP contribution in [0.4, 0.5) is 5.69 Å². The highest BCUT2D eigenvalue weighted by molar-refractivity contribution is 9.10. The molecule has 0 aliphatic heterocycles. The SMILES string of the molecule is COC(=O)c1cc(Br)ccc1NC(=O)Cc1ccccc1OC. The number of esters is 1. The van der Waals surface area contributed by atoms with Crippen LogP contribution < -0.4 is 10.1 Å². The Labute approximate surface area is 142 Å². The smallest absolute Gasteiger partial charge is 0.340 e. The summed E-state index contributed by atoms with van der Waals surface area (Å²) in [5.41, 5.74) is 1.46. The number of anilines is 1. The van der Waals surface area contributed by atoms with E-state index in [1.165, 1.54) is 7.11 Å². The lowest BCUT2D eigenvalue weighted by Gasteiger charge is -2.11. The summed E-state index contributed by atoms with van der Waals surface area (Å²) < 4.78 is 10.7. The number of para-hydroxylation sites is 1. The van der Waals surface area contributed by atoms with Gasteiger partial charge in [-0.05, 0) is 24.3 Å². The topological polar surface area (TPSA) is 64.6 Å². The van der Waals surface area contributed by atoms with Crippen LogP contribution in [-0.2, 0) is 16.0 Å². The van der Waals surface area contributed by atoms with Crippen molar-refractivity contribution in [3.8, 4) is 5.75 Å². The maximum Gasteiger partial charge on any atom is 0.340 e. The molecule has 5 nitrogen and oxygen atoms in total. The van der Waals surface area contributed by atoms with Crippen molar-refractivity contribution in [2.24, 2.45) is 0 Å². The van der Waals surface area contributed by atoms with Crippen molar-refractivity contribution in [3.63, 3.8) is 0 Å². The molecule has 1 amide bonds. The van der Waals surface area contributed by atoms with Crippen molar-refractivity contribution in [1.82, 2.24) is 0 Å². The summed E-state index contributed by atoms with van der Waals surface area (Å²) in [6.07, 6.45) is 0.140. The second kappa shape index (κ2) is 7.78. The van der Waals surface area contributed by atoms with Crippen LogP contribution in [0.25, 0.3) is 0 Å². The lowest BCUT2D eigenvalue weighted by atomic mass is 10.1. The predicted octanol–water partition coefficient (Wildman–Crippen LogP) is 3.43. The standard InChI is InChI=1S/C17H16BrNO4/c1-22-15-6-4-3-5-11(15)9-16(20)19-14-8-7-12(18)10-13(14)17(21)23-2/h3-8,10H,9H2,1-2H3,(H,19,20). The molecule has 2 aromatic rings. The second-order valence-electron chi connectivity index (χ2n) is 4.72. The molecule has 2 aromatic carbocycles. The Hall–Kier alpha value is -2.34. The number of nitrogens with one attached hydrogen (secondary N) is 1. The average Bonchev–Trinajstić information content (AvgIpc) is 2.56. The molecule has 0 heterocycles. The van der Waals surface area contributed by atoms with Crippen LogP contribution in [0.15, 0.2) is 46.9 Å². The zero-order valence-electron chi connectivity index (χ0n) is 12.8. The van der Waals surface area contributed by atoms with Crippen LogP contribution in [0.5, 0.6) is 5.75 Å². The van der Waals surface area contributed by atoms with Crippen LogP contribution >= 0.6 is 15.9 Å². The van der Waals surface area contributed by atoms with E-state index in [1.54, 1.807) is 31.4 Å². The lowest BCUT2D eigenvalue weighted by Crippen LogP contribution is -2.17. The van der Waals surface area contributed by atoms with Gasteiger partial charge in [0.1, 0.15) is 5.75 Å². The van der Waals surface area contributed by atoms with Gasteiger partial charge in [-0.15, -0.1) is 0 Å². The van der Waals surface area contributed by atoms with Crippen molar-refractivity contribution in [2.75, 3.05) is 19.5 Å². The van der Waals surface area contributed by atoms with E-state index < -0.39 is 5.97 Å². The molecule has 0 aliphatic rings. The molecule has 120 valence electrons. The highest BCUT2D eigenvalue weighted by atomic mass is 79.9. The van der Waals surface area contributed by atoms with Gasteiger partial charge in [-0.1, -0.05) is 34.1 Å². The van der Waals surface area contributed by atoms with Gasteiger partial charge in [0.25, 0.3) is 0 Å². The third-order valence-corrected chi connectivity index (χ3v) is 3.70. The molecule has 0 saturated carbocycles. The maximum atomic E-state index is 12.3. The predicted molar refractivity (Wildman–Crippen MR) is 90.8 cm³/mol. The number of carbonyl (C=O) groups is 2. The summed E-state index contributed by atoms with van der Waals surface area (Å²) in [7, 11) is 2.85. The Morgan fingerprint density at radius 1 is 1.13 bits per heavy atom. The Morgan fingerprint density at radius 2 is 1.87 bits per heavy atom. The number of ether oxygens (including phenoxy) is 2. The third kappa shape index (κ3) is 4.32. The molecule has 0 aliphatic carbocycles. The summed E-state index contributed by atoms with van der Waals surface area (Å²) in [6, 6.07) is 12.3. The first-order valence-corrected chi connectivity index (χ1v) is 7.64. The fourth-order valence-electron chi connectivity index (χ4n) is 2.12. The lowest BCUT2D eigenvalue weighted by molar-refractivity contribution is -0.115. The van der Waals surface area contributed by atoms with Crippen LogP contribution in [0.1, 0.15) is 15.9 Å². The van der Waals surface area contributed by atoms with Gasteiger partial charge in [0.05, 0.1) is 31.9 Å². The molecular weight excluding hydrogens is 362 g/mol. The first-order valence-electron chi connectivity index (χ1n) is 6.84. The number of carbonyl (C=O) groups excluding carboxylic acids is 2. The van der Waals surface area contributed by atoms with Crippen LogP contribution in [-0.4, -0.2) is 26.1 Å². The van der Waals surface area contributed by atoms with Gasteiger partial charge in [-0.25, -0.2) is 4.79 Å². The third-order valence-electron chi connectivity index (χ3n) is 3.20. The van der Waals surface area contributed by atoms with Crippen LogP contribution in [0.3, 0.4) is 0 Å². The monoisotopic (exact) mass is 377 g/mol. The van der Waals surface area contributed by atoms with E-state index in [1.807, 2.05) is 18.2 Å². The Balaban J connectivity index is 2.19. The molecule has 0 saturated heterocycles. The molecule has 0 fully saturated rings. The summed E-state index contributed by atoms with van der Waals surface area (Å²) in [5.74, 6) is -0.118. The minimum Gasteiger partial charge on any atom is -0.496 e. The quantitative estimate of drug-likeness (QED) is 0.810. The minimum absolute atomic E-state index is 0.140. The molecule has 0 bridgehead atoms. The molecule has 0 aromatic heterocycles. The van der Waals surface area contributed by atoms with Crippen molar-refractivity contribution < 1.29 is 19.1 Å². The zero-order valence-corrected chi connectivity index (χ0v) is 14.3. The number of amides is 1. The number of benzene rings is 2. The molecular formula is C17H16BrNO4. The molecule has 0 atom stereocenters. The maximum absolute atomic E-state index is 12.3. The second-order valence-corrected chi connectivity index (χ2v) is 5.63. The highest BCUT2D eigenvalue weighted by Crippen LogP contribution is 2.23. The highest BCUT2D eigenvalue weighted by Gasteiger charge is 2.15. The Kier molecular flexibility index (Phi) is 5.76. The largest absolute Gasteiger partial charge is 0.496 e. The number of hydrogen-bond acceptors (Lipinski definition) is 4. The molecule has 6 heteroatoms. The molecule has 0 unspecified atom stereocenters. The van der Waals surface area contributed by atoms with Gasteiger partial charge in [0.2, 0.25) is 5.91 Å². The van der Waals surface area contributed by atoms with Gasteiger partial charge in [-0.3, -0.25) is 4.79 Å². The fourth-order valence-corrected chi connectivity index (χ4v) is 2.48. The van der Waals surface area contributed by atoms with Crippen LogP contribution in [0, 0.1) is 0 Å². The number of methoxy groups -OCH3 is 2. The van der Waals surface area contributed by atoms with Crippen molar-refractivity contribution in [1.29, 1.82) is 0 Å². The van der Waals surface area contributed by atoms with E-state index in [0.29, 0.717) is 11.4 Å². The first kappa shape index (κ1) is 17.0. The van der Waals surface area contributed by atoms with E-state index in [2.05, 4.69) is 21.2 Å². The fraction of sp³-hybridized carbons (Fsp3) is 0.176. The Bertz CT molecular complexity index is 730. The summed E-state index contributed by atoms with van der Waals surface area (Å²) >= 11 is 3.30. The Morgan fingerprint density at radius 3 is 2.57 bits per heavy atom. The van der Waals surface area contributed by atoms with Gasteiger partial charge in [-0.2, -0.15) is 0 Å². The van der Waals surface area contributed by atoms with Gasteiger partial charge in [0.15, 0.2) is 0 Å². The molecule has 0 spiro atoms. The van der Waals surface area contributed by atoms with Crippen molar-refractivity contribution in [3.05, 3.63) is 58.1 Å². The molecule has 2 rings (SSSR count). The van der Waals surface area contributed by atoms with Gasteiger partial charge < -0.3 is 14.8 Å². The molecule has 1 N–H and O–H groups in total. The minimum atomic E-state index is -0.515.